The van der Waals surface area contributed by atoms with Gasteiger partial charge in [-0.05, 0) is 43.5 Å². The first-order chi connectivity index (χ1) is 8.04. The molecular weight excluding hydrogens is 228 g/mol. The number of hydrogen-bond donors (Lipinski definition) is 1. The van der Waals surface area contributed by atoms with Crippen LogP contribution >= 0.6 is 12.2 Å². The summed E-state index contributed by atoms with van der Waals surface area (Å²) in [4.78, 5) is 7.59. The minimum atomic E-state index is 0.653. The topological polar surface area (TPSA) is 28.7 Å². The van der Waals surface area contributed by atoms with Gasteiger partial charge < -0.3 is 4.98 Å². The molecular formula is C14H16N2S. The number of rotatable bonds is 2. The third-order valence-electron chi connectivity index (χ3n) is 2.87. The van der Waals surface area contributed by atoms with Crippen molar-refractivity contribution >= 4 is 12.2 Å². The quantitative estimate of drug-likeness (QED) is 0.817. The summed E-state index contributed by atoms with van der Waals surface area (Å²) in [5.41, 5.74) is 4.95. The fraction of sp³-hybridized carbons (Fsp3) is 0.286. The lowest BCUT2D eigenvalue weighted by atomic mass is 10.0. The molecule has 17 heavy (non-hydrogen) atoms. The van der Waals surface area contributed by atoms with Gasteiger partial charge in [0.1, 0.15) is 10.5 Å². The number of aromatic nitrogens is 2. The molecule has 0 amide bonds. The van der Waals surface area contributed by atoms with Crippen molar-refractivity contribution in [1.82, 2.24) is 9.97 Å². The highest BCUT2D eigenvalue weighted by Gasteiger charge is 2.01. The molecule has 0 saturated heterocycles. The summed E-state index contributed by atoms with van der Waals surface area (Å²) < 4.78 is 0.653. The zero-order valence-electron chi connectivity index (χ0n) is 10.4. The van der Waals surface area contributed by atoms with E-state index < -0.39 is 0 Å². The zero-order valence-corrected chi connectivity index (χ0v) is 11.2. The van der Waals surface area contributed by atoms with E-state index in [4.69, 9.17) is 12.2 Å². The van der Waals surface area contributed by atoms with Gasteiger partial charge in [-0.25, -0.2) is 4.98 Å². The van der Waals surface area contributed by atoms with Gasteiger partial charge >= 0.3 is 0 Å². The first-order valence-corrected chi connectivity index (χ1v) is 6.08. The largest absolute Gasteiger partial charge is 0.347 e. The van der Waals surface area contributed by atoms with Gasteiger partial charge in [-0.3, -0.25) is 0 Å². The Balaban J connectivity index is 2.31. The Morgan fingerprint density at radius 2 is 1.88 bits per heavy atom. The molecule has 0 aliphatic heterocycles. The van der Waals surface area contributed by atoms with Crippen molar-refractivity contribution in [3.05, 3.63) is 57.1 Å². The first-order valence-electron chi connectivity index (χ1n) is 5.67. The first kappa shape index (κ1) is 12.0. The third kappa shape index (κ3) is 3.01. The molecule has 1 aromatic heterocycles. The molecule has 1 N–H and O–H groups in total. The van der Waals surface area contributed by atoms with Gasteiger partial charge in [0.15, 0.2) is 0 Å². The van der Waals surface area contributed by atoms with Crippen LogP contribution in [-0.4, -0.2) is 9.97 Å². The van der Waals surface area contributed by atoms with Gasteiger partial charge in [0, 0.05) is 12.1 Å². The molecule has 0 aliphatic rings. The molecule has 1 heterocycles. The highest BCUT2D eigenvalue weighted by Crippen LogP contribution is 2.12. The molecule has 1 aromatic carbocycles. The number of hydrogen-bond acceptors (Lipinski definition) is 2. The summed E-state index contributed by atoms with van der Waals surface area (Å²) in [6.45, 7) is 6.25. The number of nitrogens with one attached hydrogen (secondary N) is 1. The van der Waals surface area contributed by atoms with Gasteiger partial charge in [0.05, 0.1) is 0 Å². The van der Waals surface area contributed by atoms with Gasteiger partial charge in [-0.15, -0.1) is 0 Å². The van der Waals surface area contributed by atoms with Crippen molar-refractivity contribution < 1.29 is 0 Å². The SMILES string of the molecule is Cc1cc(=S)nc(Cc2ccc(C)c(C)c2)[nH]1. The molecule has 3 heteroatoms. The summed E-state index contributed by atoms with van der Waals surface area (Å²) in [7, 11) is 0. The number of nitrogens with zero attached hydrogens (tertiary/aromatic N) is 1. The molecule has 0 atom stereocenters. The second-order valence-electron chi connectivity index (χ2n) is 4.44. The fourth-order valence-electron chi connectivity index (χ4n) is 1.83. The zero-order chi connectivity index (χ0) is 12.4. The van der Waals surface area contributed by atoms with Crippen molar-refractivity contribution in [2.45, 2.75) is 27.2 Å². The molecule has 0 bridgehead atoms. The Hall–Kier alpha value is -1.48. The van der Waals surface area contributed by atoms with E-state index in [0.717, 1.165) is 17.9 Å². The van der Waals surface area contributed by atoms with E-state index in [1.165, 1.54) is 16.7 Å². The number of H-pyrrole nitrogens is 1. The second-order valence-corrected chi connectivity index (χ2v) is 4.86. The Morgan fingerprint density at radius 1 is 1.12 bits per heavy atom. The van der Waals surface area contributed by atoms with E-state index in [9.17, 15) is 0 Å². The maximum Gasteiger partial charge on any atom is 0.129 e. The lowest BCUT2D eigenvalue weighted by molar-refractivity contribution is 0.933. The van der Waals surface area contributed by atoms with Crippen molar-refractivity contribution in [1.29, 1.82) is 0 Å². The van der Waals surface area contributed by atoms with Crippen LogP contribution in [0.25, 0.3) is 0 Å². The number of benzene rings is 1. The summed E-state index contributed by atoms with van der Waals surface area (Å²) in [5.74, 6) is 0.929. The molecule has 0 spiro atoms. The highest BCUT2D eigenvalue weighted by atomic mass is 32.1. The maximum absolute atomic E-state index is 5.12. The van der Waals surface area contributed by atoms with Crippen LogP contribution in [0.2, 0.25) is 0 Å². The summed E-state index contributed by atoms with van der Waals surface area (Å²) >= 11 is 5.12. The van der Waals surface area contributed by atoms with Crippen LogP contribution in [0.1, 0.15) is 28.2 Å². The summed E-state index contributed by atoms with van der Waals surface area (Å²) in [5, 5.41) is 0. The van der Waals surface area contributed by atoms with E-state index in [1.54, 1.807) is 0 Å². The van der Waals surface area contributed by atoms with Crippen molar-refractivity contribution in [2.24, 2.45) is 0 Å². The van der Waals surface area contributed by atoms with Crippen LogP contribution in [0.5, 0.6) is 0 Å². The maximum atomic E-state index is 5.12. The van der Waals surface area contributed by atoms with Crippen LogP contribution in [0.4, 0.5) is 0 Å². The summed E-state index contributed by atoms with van der Waals surface area (Å²) in [6, 6.07) is 8.37. The number of aryl methyl sites for hydroxylation is 3. The standard InChI is InChI=1S/C14H16N2S/c1-9-4-5-12(6-10(9)2)8-13-15-11(3)7-14(17)16-13/h4-7H,8H2,1-3H3,(H,15,16,17). The minimum absolute atomic E-state index is 0.653. The molecule has 0 saturated carbocycles. The van der Waals surface area contributed by atoms with Crippen LogP contribution in [0.3, 0.4) is 0 Å². The fourth-order valence-corrected chi connectivity index (χ4v) is 2.12. The molecule has 0 aliphatic carbocycles. The Morgan fingerprint density at radius 3 is 2.53 bits per heavy atom. The number of aromatic amines is 1. The molecule has 2 nitrogen and oxygen atoms in total. The molecule has 2 aromatic rings. The molecule has 0 fully saturated rings. The van der Waals surface area contributed by atoms with Crippen molar-refractivity contribution in [3.8, 4) is 0 Å². The van der Waals surface area contributed by atoms with Crippen LogP contribution in [0, 0.1) is 25.4 Å². The van der Waals surface area contributed by atoms with Gasteiger partial charge in [0.25, 0.3) is 0 Å². The predicted octanol–water partition coefficient (Wildman–Crippen LogP) is 3.66. The normalized spacial score (nSPS) is 10.5. The second kappa shape index (κ2) is 4.80. The smallest absolute Gasteiger partial charge is 0.129 e. The molecule has 0 radical (unpaired) electrons. The van der Waals surface area contributed by atoms with E-state index in [0.29, 0.717) is 4.64 Å². The Bertz CT molecular complexity index is 599. The van der Waals surface area contributed by atoms with E-state index in [1.807, 2.05) is 13.0 Å². The van der Waals surface area contributed by atoms with Crippen molar-refractivity contribution in [2.75, 3.05) is 0 Å². The third-order valence-corrected chi connectivity index (χ3v) is 3.08. The van der Waals surface area contributed by atoms with Crippen LogP contribution < -0.4 is 0 Å². The van der Waals surface area contributed by atoms with E-state index >= 15 is 0 Å². The highest BCUT2D eigenvalue weighted by molar-refractivity contribution is 7.71. The monoisotopic (exact) mass is 244 g/mol. The van der Waals surface area contributed by atoms with E-state index in [2.05, 4.69) is 42.0 Å². The average molecular weight is 244 g/mol. The molecule has 0 unspecified atom stereocenters. The molecule has 2 rings (SSSR count). The Labute approximate surface area is 107 Å². The Kier molecular flexibility index (Phi) is 3.38. The van der Waals surface area contributed by atoms with E-state index in [-0.39, 0.29) is 0 Å². The average Bonchev–Trinajstić information content (AvgIpc) is 2.22. The minimum Gasteiger partial charge on any atom is -0.347 e. The van der Waals surface area contributed by atoms with Gasteiger partial charge in [-0.2, -0.15) is 0 Å². The molecule has 88 valence electrons. The predicted molar refractivity (Wildman–Crippen MR) is 72.9 cm³/mol. The van der Waals surface area contributed by atoms with Crippen molar-refractivity contribution in [3.63, 3.8) is 0 Å². The van der Waals surface area contributed by atoms with Gasteiger partial charge in [0.2, 0.25) is 0 Å². The van der Waals surface area contributed by atoms with Crippen LogP contribution in [0.15, 0.2) is 24.3 Å². The summed E-state index contributed by atoms with van der Waals surface area (Å²) in [6.07, 6.45) is 0.798. The van der Waals surface area contributed by atoms with Gasteiger partial charge in [-0.1, -0.05) is 30.4 Å². The lowest BCUT2D eigenvalue weighted by Crippen LogP contribution is -1.99. The lowest BCUT2D eigenvalue weighted by Gasteiger charge is -2.06. The van der Waals surface area contributed by atoms with Crippen LogP contribution in [-0.2, 0) is 6.42 Å².